The van der Waals surface area contributed by atoms with Crippen LogP contribution in [0.15, 0.2) is 66.9 Å². The molecule has 6 nitrogen and oxygen atoms in total. The Balaban J connectivity index is 1.56. The number of carbonyl (C=O) groups excluding carboxylic acids is 1. The van der Waals surface area contributed by atoms with Crippen LogP contribution in [0.1, 0.15) is 15.9 Å². The number of aromatic nitrogens is 1. The minimum absolute atomic E-state index is 0.115. The molecule has 0 unspecified atom stereocenters. The first kappa shape index (κ1) is 22.2. The fourth-order valence-electron chi connectivity index (χ4n) is 3.47. The number of sulfone groups is 1. The normalized spacial score (nSPS) is 15.4. The number of carbonyl (C=O) groups is 1. The molecule has 166 valence electrons. The molecule has 0 bridgehead atoms. The van der Waals surface area contributed by atoms with Gasteiger partial charge in [-0.05, 0) is 60.2 Å². The molecule has 1 fully saturated rings. The third kappa shape index (κ3) is 5.26. The van der Waals surface area contributed by atoms with Crippen molar-refractivity contribution in [2.24, 2.45) is 0 Å². The van der Waals surface area contributed by atoms with E-state index in [0.717, 1.165) is 5.56 Å². The lowest BCUT2D eigenvalue weighted by molar-refractivity contribution is 0.0985. The molecular formula is C23H21ClFN3O3S. The fraction of sp³-hybridized carbons (Fsp3) is 0.217. The summed E-state index contributed by atoms with van der Waals surface area (Å²) in [5.41, 5.74) is 1.79. The van der Waals surface area contributed by atoms with E-state index < -0.39 is 9.84 Å². The van der Waals surface area contributed by atoms with Crippen LogP contribution in [0.5, 0.6) is 0 Å². The van der Waals surface area contributed by atoms with Gasteiger partial charge in [0.25, 0.3) is 5.91 Å². The highest BCUT2D eigenvalue weighted by molar-refractivity contribution is 7.91. The molecule has 9 heteroatoms. The maximum absolute atomic E-state index is 13.4. The van der Waals surface area contributed by atoms with Crippen molar-refractivity contribution < 1.29 is 17.6 Å². The number of rotatable bonds is 5. The first-order valence-corrected chi connectivity index (χ1v) is 12.2. The van der Waals surface area contributed by atoms with Gasteiger partial charge in [-0.15, -0.1) is 0 Å². The van der Waals surface area contributed by atoms with Gasteiger partial charge in [0.15, 0.2) is 9.84 Å². The van der Waals surface area contributed by atoms with E-state index in [2.05, 4.69) is 4.98 Å². The van der Waals surface area contributed by atoms with Crippen LogP contribution in [-0.2, 0) is 16.4 Å². The highest BCUT2D eigenvalue weighted by Gasteiger charge is 2.23. The van der Waals surface area contributed by atoms with Crippen LogP contribution in [0.4, 0.5) is 15.9 Å². The SMILES string of the molecule is O=C(c1ccc(Cl)cc1)N(Cc1ccc(N2CCS(=O)(=O)CC2)nc1)c1ccc(F)cc1. The van der Waals surface area contributed by atoms with Gasteiger partial charge in [0, 0.05) is 35.6 Å². The molecule has 0 saturated carbocycles. The Morgan fingerprint density at radius 2 is 1.66 bits per heavy atom. The first-order valence-electron chi connectivity index (χ1n) is 10.0. The molecule has 2 heterocycles. The number of pyridine rings is 1. The quantitative estimate of drug-likeness (QED) is 0.561. The zero-order valence-electron chi connectivity index (χ0n) is 17.1. The van der Waals surface area contributed by atoms with Gasteiger partial charge in [0.2, 0.25) is 0 Å². The Labute approximate surface area is 191 Å². The average molecular weight is 474 g/mol. The molecule has 2 aromatic carbocycles. The van der Waals surface area contributed by atoms with Crippen LogP contribution >= 0.6 is 11.6 Å². The van der Waals surface area contributed by atoms with Crippen molar-refractivity contribution in [2.45, 2.75) is 6.54 Å². The van der Waals surface area contributed by atoms with Crippen LogP contribution in [0, 0.1) is 5.82 Å². The monoisotopic (exact) mass is 473 g/mol. The van der Waals surface area contributed by atoms with Crippen molar-refractivity contribution >= 4 is 38.9 Å². The van der Waals surface area contributed by atoms with Crippen molar-refractivity contribution in [1.29, 1.82) is 0 Å². The summed E-state index contributed by atoms with van der Waals surface area (Å²) in [5, 5.41) is 0.528. The molecule has 0 radical (unpaired) electrons. The summed E-state index contributed by atoms with van der Waals surface area (Å²) in [6.45, 7) is 1.05. The number of amides is 1. The number of nitrogens with zero attached hydrogens (tertiary/aromatic N) is 3. The molecule has 0 atom stereocenters. The molecule has 1 aliphatic rings. The van der Waals surface area contributed by atoms with Gasteiger partial charge < -0.3 is 9.80 Å². The second-order valence-electron chi connectivity index (χ2n) is 7.54. The van der Waals surface area contributed by atoms with E-state index in [-0.39, 0.29) is 29.8 Å². The van der Waals surface area contributed by atoms with Gasteiger partial charge in [-0.25, -0.2) is 17.8 Å². The predicted octanol–water partition coefficient (Wildman–Crippen LogP) is 3.96. The van der Waals surface area contributed by atoms with Gasteiger partial charge in [-0.3, -0.25) is 4.79 Å². The van der Waals surface area contributed by atoms with Crippen LogP contribution < -0.4 is 9.80 Å². The summed E-state index contributed by atoms with van der Waals surface area (Å²) in [5.74, 6) is 0.288. The lowest BCUT2D eigenvalue weighted by Gasteiger charge is -2.28. The minimum atomic E-state index is -2.97. The lowest BCUT2D eigenvalue weighted by Crippen LogP contribution is -2.40. The van der Waals surface area contributed by atoms with Crippen LogP contribution in [-0.4, -0.2) is 43.9 Å². The molecule has 32 heavy (non-hydrogen) atoms. The fourth-order valence-corrected chi connectivity index (χ4v) is 4.80. The number of hydrogen-bond acceptors (Lipinski definition) is 5. The molecule has 3 aromatic rings. The van der Waals surface area contributed by atoms with Crippen molar-refractivity contribution in [1.82, 2.24) is 4.98 Å². The van der Waals surface area contributed by atoms with Crippen LogP contribution in [0.25, 0.3) is 0 Å². The third-order valence-electron chi connectivity index (χ3n) is 5.29. The molecule has 0 N–H and O–H groups in total. The Morgan fingerprint density at radius 1 is 1.00 bits per heavy atom. The number of hydrogen-bond donors (Lipinski definition) is 0. The zero-order chi connectivity index (χ0) is 22.7. The maximum atomic E-state index is 13.4. The molecule has 1 amide bonds. The molecule has 0 aliphatic carbocycles. The molecule has 1 saturated heterocycles. The van der Waals surface area contributed by atoms with Crippen molar-refractivity contribution in [3.63, 3.8) is 0 Å². The number of benzene rings is 2. The molecule has 1 aromatic heterocycles. The summed E-state index contributed by atoms with van der Waals surface area (Å²) in [7, 11) is -2.97. The van der Waals surface area contributed by atoms with E-state index in [1.165, 1.54) is 12.1 Å². The Bertz CT molecular complexity index is 1190. The second-order valence-corrected chi connectivity index (χ2v) is 10.3. The molecule has 1 aliphatic heterocycles. The standard InChI is InChI=1S/C23H21ClFN3O3S/c24-19-4-2-18(3-5-19)23(29)28(21-8-6-20(25)7-9-21)16-17-1-10-22(26-15-17)27-11-13-32(30,31)14-12-27/h1-10,15H,11-14,16H2. The summed E-state index contributed by atoms with van der Waals surface area (Å²) >= 11 is 5.94. The van der Waals surface area contributed by atoms with Crippen molar-refractivity contribution in [3.05, 3.63) is 88.8 Å². The smallest absolute Gasteiger partial charge is 0.258 e. The van der Waals surface area contributed by atoms with E-state index >= 15 is 0 Å². The summed E-state index contributed by atoms with van der Waals surface area (Å²) in [4.78, 5) is 21.2. The largest absolute Gasteiger partial charge is 0.355 e. The summed E-state index contributed by atoms with van der Waals surface area (Å²) in [6, 6.07) is 16.0. The van der Waals surface area contributed by atoms with Gasteiger partial charge in [0.05, 0.1) is 18.1 Å². The Hall–Kier alpha value is -2.97. The first-order chi connectivity index (χ1) is 15.3. The molecule has 0 spiro atoms. The maximum Gasteiger partial charge on any atom is 0.258 e. The molecule has 4 rings (SSSR count). The van der Waals surface area contributed by atoms with Gasteiger partial charge >= 0.3 is 0 Å². The second kappa shape index (κ2) is 9.26. The Morgan fingerprint density at radius 3 is 2.25 bits per heavy atom. The zero-order valence-corrected chi connectivity index (χ0v) is 18.7. The minimum Gasteiger partial charge on any atom is -0.355 e. The average Bonchev–Trinajstić information content (AvgIpc) is 2.79. The van der Waals surface area contributed by atoms with Gasteiger partial charge in [-0.1, -0.05) is 17.7 Å². The summed E-state index contributed by atoms with van der Waals surface area (Å²) < 4.78 is 36.7. The van der Waals surface area contributed by atoms with Crippen molar-refractivity contribution in [3.8, 4) is 0 Å². The Kier molecular flexibility index (Phi) is 6.43. The van der Waals surface area contributed by atoms with E-state index in [4.69, 9.17) is 11.6 Å². The van der Waals surface area contributed by atoms with E-state index in [0.29, 0.717) is 35.2 Å². The highest BCUT2D eigenvalue weighted by atomic mass is 35.5. The lowest BCUT2D eigenvalue weighted by atomic mass is 10.1. The van der Waals surface area contributed by atoms with E-state index in [9.17, 15) is 17.6 Å². The third-order valence-corrected chi connectivity index (χ3v) is 7.15. The topological polar surface area (TPSA) is 70.6 Å². The van der Waals surface area contributed by atoms with E-state index in [1.54, 1.807) is 47.5 Å². The number of anilines is 2. The van der Waals surface area contributed by atoms with Crippen molar-refractivity contribution in [2.75, 3.05) is 34.4 Å². The summed E-state index contributed by atoms with van der Waals surface area (Å²) in [6.07, 6.45) is 1.67. The van der Waals surface area contributed by atoms with Gasteiger partial charge in [0.1, 0.15) is 11.6 Å². The van der Waals surface area contributed by atoms with E-state index in [1.807, 2.05) is 17.0 Å². The van der Waals surface area contributed by atoms with Gasteiger partial charge in [-0.2, -0.15) is 0 Å². The highest BCUT2D eigenvalue weighted by Crippen LogP contribution is 2.23. The molecular weight excluding hydrogens is 453 g/mol. The van der Waals surface area contributed by atoms with Crippen LogP contribution in [0.3, 0.4) is 0 Å². The van der Waals surface area contributed by atoms with Crippen LogP contribution in [0.2, 0.25) is 5.02 Å². The predicted molar refractivity (Wildman–Crippen MR) is 123 cm³/mol. The number of halogens is 2.